The number of ether oxygens (including phenoxy) is 1. The monoisotopic (exact) mass is 303 g/mol. The number of rotatable bonds is 6. The van der Waals surface area contributed by atoms with Crippen LogP contribution < -0.4 is 10.1 Å². The van der Waals surface area contributed by atoms with E-state index in [0.717, 1.165) is 35.8 Å². The lowest BCUT2D eigenvalue weighted by atomic mass is 9.97. The molecule has 0 heterocycles. The molecule has 0 aliphatic carbocycles. The fourth-order valence-electron chi connectivity index (χ4n) is 2.37. The summed E-state index contributed by atoms with van der Waals surface area (Å²) in [6.45, 7) is 6.19. The van der Waals surface area contributed by atoms with Gasteiger partial charge in [0.1, 0.15) is 5.75 Å². The van der Waals surface area contributed by atoms with Gasteiger partial charge in [0.15, 0.2) is 0 Å². The lowest BCUT2D eigenvalue weighted by Gasteiger charge is -2.13. The normalized spacial score (nSPS) is 10.7. The van der Waals surface area contributed by atoms with Crippen molar-refractivity contribution in [1.82, 2.24) is 5.32 Å². The number of hydrogen-bond donors (Lipinski definition) is 1. The molecule has 2 aromatic rings. The SMILES string of the molecule is CCCNCc1ccc(C)c(-c2cc(Cl)ccc2OC)c1. The van der Waals surface area contributed by atoms with Crippen LogP contribution in [0.2, 0.25) is 5.02 Å². The number of benzene rings is 2. The van der Waals surface area contributed by atoms with Gasteiger partial charge in [0.05, 0.1) is 7.11 Å². The standard InChI is InChI=1S/C18H22ClNO/c1-4-9-20-12-14-6-5-13(2)16(10-14)17-11-15(19)7-8-18(17)21-3/h5-8,10-11,20H,4,9,12H2,1-3H3. The largest absolute Gasteiger partial charge is 0.496 e. The van der Waals surface area contributed by atoms with Crippen LogP contribution in [-0.2, 0) is 6.54 Å². The lowest BCUT2D eigenvalue weighted by Crippen LogP contribution is -2.13. The highest BCUT2D eigenvalue weighted by Gasteiger charge is 2.10. The van der Waals surface area contributed by atoms with E-state index in [0.29, 0.717) is 0 Å². The van der Waals surface area contributed by atoms with Gasteiger partial charge in [0, 0.05) is 17.1 Å². The molecular formula is C18H22ClNO. The topological polar surface area (TPSA) is 21.3 Å². The van der Waals surface area contributed by atoms with Crippen LogP contribution in [-0.4, -0.2) is 13.7 Å². The van der Waals surface area contributed by atoms with Gasteiger partial charge in [-0.05, 0) is 60.8 Å². The van der Waals surface area contributed by atoms with Crippen LogP contribution in [0.5, 0.6) is 5.75 Å². The molecule has 0 atom stereocenters. The third kappa shape index (κ3) is 3.99. The summed E-state index contributed by atoms with van der Waals surface area (Å²) in [6, 6.07) is 12.3. The summed E-state index contributed by atoms with van der Waals surface area (Å²) in [7, 11) is 1.69. The summed E-state index contributed by atoms with van der Waals surface area (Å²) in [6.07, 6.45) is 1.14. The molecule has 0 fully saturated rings. The molecule has 0 spiro atoms. The lowest BCUT2D eigenvalue weighted by molar-refractivity contribution is 0.416. The van der Waals surface area contributed by atoms with Crippen molar-refractivity contribution in [3.63, 3.8) is 0 Å². The molecule has 3 heteroatoms. The molecular weight excluding hydrogens is 282 g/mol. The van der Waals surface area contributed by atoms with Crippen LogP contribution in [0.25, 0.3) is 11.1 Å². The third-order valence-corrected chi connectivity index (χ3v) is 3.74. The fraction of sp³-hybridized carbons (Fsp3) is 0.333. The first-order valence-electron chi connectivity index (χ1n) is 7.30. The number of halogens is 1. The van der Waals surface area contributed by atoms with E-state index in [1.165, 1.54) is 16.7 Å². The first-order valence-corrected chi connectivity index (χ1v) is 7.67. The van der Waals surface area contributed by atoms with Crippen molar-refractivity contribution in [3.8, 4) is 16.9 Å². The predicted octanol–water partition coefficient (Wildman–Crippen LogP) is 4.82. The summed E-state index contributed by atoms with van der Waals surface area (Å²) in [5.41, 5.74) is 4.70. The molecule has 0 saturated heterocycles. The van der Waals surface area contributed by atoms with Gasteiger partial charge in [-0.3, -0.25) is 0 Å². The average molecular weight is 304 g/mol. The molecule has 21 heavy (non-hydrogen) atoms. The number of hydrogen-bond acceptors (Lipinski definition) is 2. The maximum absolute atomic E-state index is 6.15. The van der Waals surface area contributed by atoms with Crippen LogP contribution in [0.4, 0.5) is 0 Å². The van der Waals surface area contributed by atoms with Crippen molar-refractivity contribution in [3.05, 3.63) is 52.5 Å². The first kappa shape index (κ1) is 15.9. The van der Waals surface area contributed by atoms with Crippen molar-refractivity contribution >= 4 is 11.6 Å². The molecule has 0 aliphatic heterocycles. The summed E-state index contributed by atoms with van der Waals surface area (Å²) in [5.74, 6) is 0.848. The Bertz CT molecular complexity index is 610. The van der Waals surface area contributed by atoms with E-state index in [9.17, 15) is 0 Å². The molecule has 1 N–H and O–H groups in total. The van der Waals surface area contributed by atoms with Gasteiger partial charge in [0.2, 0.25) is 0 Å². The second-order valence-corrected chi connectivity index (χ2v) is 5.61. The van der Waals surface area contributed by atoms with E-state index in [1.807, 2.05) is 18.2 Å². The van der Waals surface area contributed by atoms with Crippen molar-refractivity contribution in [2.24, 2.45) is 0 Å². The van der Waals surface area contributed by atoms with Crippen LogP contribution >= 0.6 is 11.6 Å². The van der Waals surface area contributed by atoms with Gasteiger partial charge in [-0.1, -0.05) is 30.7 Å². The number of methoxy groups -OCH3 is 1. The third-order valence-electron chi connectivity index (χ3n) is 3.51. The minimum atomic E-state index is 0.722. The molecule has 112 valence electrons. The van der Waals surface area contributed by atoms with Crippen LogP contribution in [0.15, 0.2) is 36.4 Å². The van der Waals surface area contributed by atoms with Gasteiger partial charge >= 0.3 is 0 Å². The molecule has 0 amide bonds. The smallest absolute Gasteiger partial charge is 0.126 e. The maximum atomic E-state index is 6.15. The van der Waals surface area contributed by atoms with Gasteiger partial charge in [-0.2, -0.15) is 0 Å². The maximum Gasteiger partial charge on any atom is 0.126 e. The van der Waals surface area contributed by atoms with Crippen LogP contribution in [0.3, 0.4) is 0 Å². The first-order chi connectivity index (χ1) is 10.2. The molecule has 2 nitrogen and oxygen atoms in total. The molecule has 0 radical (unpaired) electrons. The van der Waals surface area contributed by atoms with E-state index >= 15 is 0 Å². The highest BCUT2D eigenvalue weighted by Crippen LogP contribution is 2.34. The quantitative estimate of drug-likeness (QED) is 0.772. The number of nitrogens with one attached hydrogen (secondary N) is 1. The highest BCUT2D eigenvalue weighted by molar-refractivity contribution is 6.31. The van der Waals surface area contributed by atoms with Gasteiger partial charge in [-0.25, -0.2) is 0 Å². The summed E-state index contributed by atoms with van der Waals surface area (Å²) in [4.78, 5) is 0. The van der Waals surface area contributed by atoms with E-state index in [4.69, 9.17) is 16.3 Å². The predicted molar refractivity (Wildman–Crippen MR) is 90.2 cm³/mol. The van der Waals surface area contributed by atoms with E-state index < -0.39 is 0 Å². The fourth-order valence-corrected chi connectivity index (χ4v) is 2.54. The Hall–Kier alpha value is -1.51. The molecule has 0 unspecified atom stereocenters. The van der Waals surface area contributed by atoms with Crippen molar-refractivity contribution in [2.45, 2.75) is 26.8 Å². The van der Waals surface area contributed by atoms with Crippen molar-refractivity contribution in [2.75, 3.05) is 13.7 Å². The second kappa shape index (κ2) is 7.48. The molecule has 2 aromatic carbocycles. The Morgan fingerprint density at radius 2 is 1.90 bits per heavy atom. The Labute approximate surface area is 132 Å². The average Bonchev–Trinajstić information content (AvgIpc) is 2.49. The van der Waals surface area contributed by atoms with E-state index in [1.54, 1.807) is 7.11 Å². The Kier molecular flexibility index (Phi) is 5.66. The van der Waals surface area contributed by atoms with Crippen molar-refractivity contribution in [1.29, 1.82) is 0 Å². The minimum Gasteiger partial charge on any atom is -0.496 e. The zero-order chi connectivity index (χ0) is 15.2. The van der Waals surface area contributed by atoms with Crippen LogP contribution in [0, 0.1) is 6.92 Å². The Balaban J connectivity index is 2.38. The molecule has 0 saturated carbocycles. The van der Waals surface area contributed by atoms with E-state index in [-0.39, 0.29) is 0 Å². The zero-order valence-corrected chi connectivity index (χ0v) is 13.6. The molecule has 0 aliphatic rings. The van der Waals surface area contributed by atoms with Crippen LogP contribution in [0.1, 0.15) is 24.5 Å². The summed E-state index contributed by atoms with van der Waals surface area (Å²) >= 11 is 6.15. The van der Waals surface area contributed by atoms with Gasteiger partial charge in [0.25, 0.3) is 0 Å². The molecule has 2 rings (SSSR count). The van der Waals surface area contributed by atoms with Gasteiger partial charge in [-0.15, -0.1) is 0 Å². The Morgan fingerprint density at radius 1 is 1.10 bits per heavy atom. The molecule has 0 aromatic heterocycles. The van der Waals surface area contributed by atoms with Crippen molar-refractivity contribution < 1.29 is 4.74 Å². The highest BCUT2D eigenvalue weighted by atomic mass is 35.5. The summed E-state index contributed by atoms with van der Waals surface area (Å²) < 4.78 is 5.47. The summed E-state index contributed by atoms with van der Waals surface area (Å²) in [5, 5.41) is 4.15. The van der Waals surface area contributed by atoms with E-state index in [2.05, 4.69) is 37.4 Å². The number of aryl methyl sites for hydroxylation is 1. The van der Waals surface area contributed by atoms with Gasteiger partial charge < -0.3 is 10.1 Å². The second-order valence-electron chi connectivity index (χ2n) is 5.17. The molecule has 0 bridgehead atoms. The minimum absolute atomic E-state index is 0.722. The Morgan fingerprint density at radius 3 is 2.62 bits per heavy atom. The zero-order valence-electron chi connectivity index (χ0n) is 12.9.